The largest absolute Gasteiger partial charge is 0.394 e. The average Bonchev–Trinajstić information content (AvgIpc) is 2.72. The predicted molar refractivity (Wildman–Crippen MR) is 57.6 cm³/mol. The maximum Gasteiger partial charge on any atom is 0.331 e. The molecular weight excluding hydrogens is 206 g/mol. The second-order valence-electron chi connectivity index (χ2n) is 3.90. The summed E-state index contributed by atoms with van der Waals surface area (Å²) in [7, 11) is 0. The van der Waals surface area contributed by atoms with Crippen molar-refractivity contribution in [2.75, 3.05) is 0 Å². The Morgan fingerprint density at radius 1 is 1.50 bits per heavy atom. The standard InChI is InChI=1S/C12H13NO3/c13-11(12(15)16-7-14)10-6-5-8-3-1-2-4-9(8)10/h1-4,7,10-11H,5-6,13H2. The molecule has 84 valence electrons. The molecular formula is C12H13NO3. The first-order chi connectivity index (χ1) is 7.74. The highest BCUT2D eigenvalue weighted by molar-refractivity contribution is 5.82. The fraction of sp³-hybridized carbons (Fsp3) is 0.333. The summed E-state index contributed by atoms with van der Waals surface area (Å²) in [6.45, 7) is 0.128. The van der Waals surface area contributed by atoms with Crippen LogP contribution in [0, 0.1) is 0 Å². The zero-order valence-corrected chi connectivity index (χ0v) is 8.76. The molecule has 1 aliphatic rings. The summed E-state index contributed by atoms with van der Waals surface area (Å²) in [4.78, 5) is 21.4. The number of aryl methyl sites for hydroxylation is 1. The number of ether oxygens (including phenoxy) is 1. The number of carbonyl (C=O) groups excluding carboxylic acids is 2. The van der Waals surface area contributed by atoms with E-state index < -0.39 is 12.0 Å². The first kappa shape index (κ1) is 10.8. The third-order valence-corrected chi connectivity index (χ3v) is 3.05. The van der Waals surface area contributed by atoms with Crippen LogP contribution in [0.4, 0.5) is 0 Å². The van der Waals surface area contributed by atoms with Gasteiger partial charge in [-0.15, -0.1) is 0 Å². The molecule has 4 nitrogen and oxygen atoms in total. The molecule has 2 N–H and O–H groups in total. The van der Waals surface area contributed by atoms with Crippen LogP contribution in [-0.4, -0.2) is 18.5 Å². The number of hydrogen-bond donors (Lipinski definition) is 1. The maximum atomic E-state index is 11.4. The van der Waals surface area contributed by atoms with Gasteiger partial charge in [0.2, 0.25) is 0 Å². The van der Waals surface area contributed by atoms with Crippen molar-refractivity contribution in [1.29, 1.82) is 0 Å². The number of fused-ring (bicyclic) bond motifs is 1. The minimum atomic E-state index is -0.756. The molecule has 4 heteroatoms. The zero-order valence-electron chi connectivity index (χ0n) is 8.76. The van der Waals surface area contributed by atoms with Crippen LogP contribution in [0.3, 0.4) is 0 Å². The number of benzene rings is 1. The zero-order chi connectivity index (χ0) is 11.5. The summed E-state index contributed by atoms with van der Waals surface area (Å²) in [5.74, 6) is -0.694. The van der Waals surface area contributed by atoms with Crippen LogP contribution in [-0.2, 0) is 20.7 Å². The van der Waals surface area contributed by atoms with Crippen molar-refractivity contribution in [2.45, 2.75) is 24.8 Å². The fourth-order valence-corrected chi connectivity index (χ4v) is 2.25. The molecule has 1 aromatic rings. The van der Waals surface area contributed by atoms with Crippen LogP contribution in [0.25, 0.3) is 0 Å². The van der Waals surface area contributed by atoms with Gasteiger partial charge in [-0.2, -0.15) is 0 Å². The summed E-state index contributed by atoms with van der Waals surface area (Å²) in [6, 6.07) is 7.15. The molecule has 0 saturated heterocycles. The van der Waals surface area contributed by atoms with Crippen molar-refractivity contribution in [3.8, 4) is 0 Å². The van der Waals surface area contributed by atoms with Crippen molar-refractivity contribution < 1.29 is 14.3 Å². The van der Waals surface area contributed by atoms with E-state index in [1.165, 1.54) is 5.56 Å². The second kappa shape index (κ2) is 4.45. The van der Waals surface area contributed by atoms with Gasteiger partial charge in [-0.05, 0) is 24.0 Å². The van der Waals surface area contributed by atoms with Gasteiger partial charge < -0.3 is 10.5 Å². The smallest absolute Gasteiger partial charge is 0.331 e. The number of rotatable bonds is 3. The van der Waals surface area contributed by atoms with Gasteiger partial charge in [-0.3, -0.25) is 4.79 Å². The molecule has 0 radical (unpaired) electrons. The molecule has 0 aromatic heterocycles. The molecule has 16 heavy (non-hydrogen) atoms. The normalized spacial score (nSPS) is 19.9. The third-order valence-electron chi connectivity index (χ3n) is 3.05. The Morgan fingerprint density at radius 3 is 3.00 bits per heavy atom. The van der Waals surface area contributed by atoms with Crippen molar-refractivity contribution >= 4 is 12.4 Å². The first-order valence-electron chi connectivity index (χ1n) is 5.21. The summed E-state index contributed by atoms with van der Waals surface area (Å²) in [5.41, 5.74) is 8.11. The lowest BCUT2D eigenvalue weighted by Gasteiger charge is -2.17. The Labute approximate surface area is 93.4 Å². The average molecular weight is 219 g/mol. The summed E-state index contributed by atoms with van der Waals surface area (Å²) >= 11 is 0. The minimum absolute atomic E-state index is 0.0383. The van der Waals surface area contributed by atoms with E-state index in [0.717, 1.165) is 18.4 Å². The van der Waals surface area contributed by atoms with Gasteiger partial charge in [-0.25, -0.2) is 4.79 Å². The van der Waals surface area contributed by atoms with Gasteiger partial charge >= 0.3 is 12.4 Å². The lowest BCUT2D eigenvalue weighted by Crippen LogP contribution is -2.37. The van der Waals surface area contributed by atoms with Gasteiger partial charge in [0, 0.05) is 5.92 Å². The number of nitrogens with two attached hydrogens (primary N) is 1. The highest BCUT2D eigenvalue weighted by atomic mass is 16.6. The molecule has 0 fully saturated rings. The molecule has 0 spiro atoms. The molecule has 1 aromatic carbocycles. The lowest BCUT2D eigenvalue weighted by molar-refractivity contribution is -0.152. The highest BCUT2D eigenvalue weighted by Crippen LogP contribution is 2.34. The molecule has 2 rings (SSSR count). The maximum absolute atomic E-state index is 11.4. The number of hydrogen-bond acceptors (Lipinski definition) is 4. The Balaban J connectivity index is 2.18. The topological polar surface area (TPSA) is 69.4 Å². The Hall–Kier alpha value is -1.68. The van der Waals surface area contributed by atoms with Gasteiger partial charge in [0.25, 0.3) is 0 Å². The van der Waals surface area contributed by atoms with Gasteiger partial charge in [0.15, 0.2) is 0 Å². The van der Waals surface area contributed by atoms with Crippen LogP contribution in [0.1, 0.15) is 23.5 Å². The van der Waals surface area contributed by atoms with Crippen molar-refractivity contribution in [3.63, 3.8) is 0 Å². The van der Waals surface area contributed by atoms with Crippen LogP contribution < -0.4 is 5.73 Å². The van der Waals surface area contributed by atoms with E-state index in [0.29, 0.717) is 0 Å². The molecule has 2 atom stereocenters. The molecule has 0 aliphatic heterocycles. The number of carbonyl (C=O) groups is 2. The van der Waals surface area contributed by atoms with E-state index in [1.807, 2.05) is 24.3 Å². The molecule has 2 unspecified atom stereocenters. The number of esters is 1. The summed E-state index contributed by atoms with van der Waals surface area (Å²) in [5, 5.41) is 0. The van der Waals surface area contributed by atoms with E-state index in [1.54, 1.807) is 0 Å². The van der Waals surface area contributed by atoms with Crippen LogP contribution in [0.5, 0.6) is 0 Å². The van der Waals surface area contributed by atoms with Crippen molar-refractivity contribution in [2.24, 2.45) is 5.73 Å². The van der Waals surface area contributed by atoms with Gasteiger partial charge in [-0.1, -0.05) is 24.3 Å². The van der Waals surface area contributed by atoms with Crippen LogP contribution >= 0.6 is 0 Å². The minimum Gasteiger partial charge on any atom is -0.394 e. The monoisotopic (exact) mass is 219 g/mol. The summed E-state index contributed by atoms with van der Waals surface area (Å²) < 4.78 is 4.29. The predicted octanol–water partition coefficient (Wildman–Crippen LogP) is 0.743. The van der Waals surface area contributed by atoms with Crippen LogP contribution in [0.15, 0.2) is 24.3 Å². The molecule has 0 heterocycles. The van der Waals surface area contributed by atoms with Gasteiger partial charge in [0.1, 0.15) is 6.04 Å². The van der Waals surface area contributed by atoms with E-state index >= 15 is 0 Å². The van der Waals surface area contributed by atoms with Crippen LogP contribution in [0.2, 0.25) is 0 Å². The highest BCUT2D eigenvalue weighted by Gasteiger charge is 2.32. The fourth-order valence-electron chi connectivity index (χ4n) is 2.25. The molecule has 1 aliphatic carbocycles. The Morgan fingerprint density at radius 2 is 2.25 bits per heavy atom. The Kier molecular flexibility index (Phi) is 3.01. The first-order valence-corrected chi connectivity index (χ1v) is 5.21. The van der Waals surface area contributed by atoms with E-state index in [9.17, 15) is 9.59 Å². The molecule has 0 bridgehead atoms. The van der Waals surface area contributed by atoms with E-state index in [2.05, 4.69) is 4.74 Å². The summed E-state index contributed by atoms with van der Waals surface area (Å²) in [6.07, 6.45) is 1.75. The van der Waals surface area contributed by atoms with Gasteiger partial charge in [0.05, 0.1) is 0 Å². The van der Waals surface area contributed by atoms with Crippen molar-refractivity contribution in [3.05, 3.63) is 35.4 Å². The third kappa shape index (κ3) is 1.84. The molecule has 0 saturated carbocycles. The SMILES string of the molecule is NC(C(=O)OC=O)C1CCc2ccccc21. The van der Waals surface area contributed by atoms with Crippen molar-refractivity contribution in [1.82, 2.24) is 0 Å². The second-order valence-corrected chi connectivity index (χ2v) is 3.90. The molecule has 0 amide bonds. The van der Waals surface area contributed by atoms with E-state index in [4.69, 9.17) is 5.73 Å². The van der Waals surface area contributed by atoms with E-state index in [-0.39, 0.29) is 12.4 Å². The Bertz CT molecular complexity index is 416. The quantitative estimate of drug-likeness (QED) is 0.462. The lowest BCUT2D eigenvalue weighted by atomic mass is 9.94.